The Labute approximate surface area is 120 Å². The molecule has 0 fully saturated rings. The number of sulfonamides is 1. The number of hydrogen-bond acceptors (Lipinski definition) is 6. The van der Waals surface area contributed by atoms with Crippen LogP contribution in [0.15, 0.2) is 33.7 Å². The molecule has 9 heteroatoms. The van der Waals surface area contributed by atoms with Crippen molar-refractivity contribution in [3.05, 3.63) is 30.0 Å². The molecule has 21 heavy (non-hydrogen) atoms. The molecule has 1 aliphatic heterocycles. The van der Waals surface area contributed by atoms with E-state index in [0.29, 0.717) is 17.2 Å². The number of nitrogens with zero attached hydrogens (tertiary/aromatic N) is 1. The smallest absolute Gasteiger partial charge is 0.263 e. The lowest BCUT2D eigenvalue weighted by molar-refractivity contribution is -0.118. The van der Waals surface area contributed by atoms with Crippen LogP contribution in [0.4, 0.5) is 11.5 Å². The molecule has 2 N–H and O–H groups in total. The quantitative estimate of drug-likeness (QED) is 0.879. The number of benzene rings is 1. The number of rotatable bonds is 3. The van der Waals surface area contributed by atoms with E-state index in [9.17, 15) is 13.2 Å². The predicted octanol–water partition coefficient (Wildman–Crippen LogP) is 1.11. The Bertz CT molecular complexity index is 812. The van der Waals surface area contributed by atoms with E-state index in [0.717, 1.165) is 0 Å². The van der Waals surface area contributed by atoms with Gasteiger partial charge in [0, 0.05) is 6.07 Å². The SMILES string of the molecule is Cc1cc(NS(=O)(=O)c2ccc3c(c2)NC(=O)CO3)no1. The van der Waals surface area contributed by atoms with E-state index in [2.05, 4.69) is 15.2 Å². The Balaban J connectivity index is 1.92. The summed E-state index contributed by atoms with van der Waals surface area (Å²) in [6.07, 6.45) is 0. The molecule has 1 amide bonds. The van der Waals surface area contributed by atoms with Crippen LogP contribution >= 0.6 is 0 Å². The summed E-state index contributed by atoms with van der Waals surface area (Å²) < 4.78 is 36.7. The summed E-state index contributed by atoms with van der Waals surface area (Å²) in [6, 6.07) is 5.64. The number of nitrogens with one attached hydrogen (secondary N) is 2. The fourth-order valence-corrected chi connectivity index (χ4v) is 2.85. The van der Waals surface area contributed by atoms with Gasteiger partial charge in [0.25, 0.3) is 15.9 Å². The predicted molar refractivity (Wildman–Crippen MR) is 72.6 cm³/mol. The number of carbonyl (C=O) groups excluding carboxylic acids is 1. The largest absolute Gasteiger partial charge is 0.482 e. The summed E-state index contributed by atoms with van der Waals surface area (Å²) in [5.74, 6) is 0.660. The van der Waals surface area contributed by atoms with Crippen LogP contribution in [0.3, 0.4) is 0 Å². The highest BCUT2D eigenvalue weighted by molar-refractivity contribution is 7.92. The van der Waals surface area contributed by atoms with Gasteiger partial charge in [-0.15, -0.1) is 0 Å². The van der Waals surface area contributed by atoms with E-state index in [1.54, 1.807) is 6.92 Å². The van der Waals surface area contributed by atoms with Crippen LogP contribution in [0.2, 0.25) is 0 Å². The molecule has 110 valence electrons. The molecule has 0 aliphatic carbocycles. The van der Waals surface area contributed by atoms with Crippen LogP contribution in [-0.4, -0.2) is 26.1 Å². The minimum absolute atomic E-state index is 0.0206. The molecule has 2 heterocycles. The normalized spacial score (nSPS) is 14.0. The Kier molecular flexibility index (Phi) is 3.05. The van der Waals surface area contributed by atoms with Crippen molar-refractivity contribution in [1.29, 1.82) is 0 Å². The van der Waals surface area contributed by atoms with Gasteiger partial charge in [-0.2, -0.15) is 0 Å². The molecule has 2 aromatic rings. The standard InChI is InChI=1S/C12H11N3O5S/c1-7-4-11(14-20-7)15-21(17,18)8-2-3-10-9(5-8)13-12(16)6-19-10/h2-5H,6H2,1H3,(H,13,16)(H,14,15). The Morgan fingerprint density at radius 2 is 2.14 bits per heavy atom. The van der Waals surface area contributed by atoms with E-state index >= 15 is 0 Å². The second-order valence-corrected chi connectivity index (χ2v) is 6.11. The maximum absolute atomic E-state index is 12.2. The number of amides is 1. The number of ether oxygens (including phenoxy) is 1. The van der Waals surface area contributed by atoms with E-state index in [1.165, 1.54) is 24.3 Å². The number of fused-ring (bicyclic) bond motifs is 1. The zero-order chi connectivity index (χ0) is 15.0. The van der Waals surface area contributed by atoms with E-state index < -0.39 is 10.0 Å². The summed E-state index contributed by atoms with van der Waals surface area (Å²) in [6.45, 7) is 1.56. The first-order valence-electron chi connectivity index (χ1n) is 5.97. The second-order valence-electron chi connectivity index (χ2n) is 4.42. The third-order valence-electron chi connectivity index (χ3n) is 2.76. The molecule has 0 unspecified atom stereocenters. The molecule has 3 rings (SSSR count). The summed E-state index contributed by atoms with van der Waals surface area (Å²) in [5, 5.41) is 6.12. The third-order valence-corrected chi connectivity index (χ3v) is 4.11. The Morgan fingerprint density at radius 1 is 1.33 bits per heavy atom. The zero-order valence-electron chi connectivity index (χ0n) is 10.9. The Hall–Kier alpha value is -2.55. The lowest BCUT2D eigenvalue weighted by Crippen LogP contribution is -2.25. The minimum Gasteiger partial charge on any atom is -0.482 e. The summed E-state index contributed by atoms with van der Waals surface area (Å²) in [5.41, 5.74) is 0.311. The van der Waals surface area contributed by atoms with Gasteiger partial charge in [0.15, 0.2) is 12.4 Å². The molecule has 0 spiro atoms. The van der Waals surface area contributed by atoms with Crippen LogP contribution in [0.1, 0.15) is 5.76 Å². The molecule has 1 aliphatic rings. The average Bonchev–Trinajstić information content (AvgIpc) is 2.82. The van der Waals surface area contributed by atoms with Crippen LogP contribution in [0.25, 0.3) is 0 Å². The van der Waals surface area contributed by atoms with Crippen LogP contribution in [0.5, 0.6) is 5.75 Å². The number of hydrogen-bond donors (Lipinski definition) is 2. The van der Waals surface area contributed by atoms with Crippen LogP contribution < -0.4 is 14.8 Å². The molecule has 0 saturated carbocycles. The van der Waals surface area contributed by atoms with Gasteiger partial charge in [0.05, 0.1) is 10.6 Å². The highest BCUT2D eigenvalue weighted by atomic mass is 32.2. The van der Waals surface area contributed by atoms with E-state index in [4.69, 9.17) is 9.26 Å². The fraction of sp³-hybridized carbons (Fsp3) is 0.167. The average molecular weight is 309 g/mol. The summed E-state index contributed by atoms with van der Waals surface area (Å²) >= 11 is 0. The number of carbonyl (C=O) groups is 1. The molecule has 0 atom stereocenters. The first-order chi connectivity index (χ1) is 9.94. The molecule has 1 aromatic heterocycles. The van der Waals surface area contributed by atoms with E-state index in [1.807, 2.05) is 0 Å². The van der Waals surface area contributed by atoms with Gasteiger partial charge in [0.2, 0.25) is 0 Å². The van der Waals surface area contributed by atoms with Crippen molar-refractivity contribution in [3.8, 4) is 5.75 Å². The first-order valence-corrected chi connectivity index (χ1v) is 7.45. The van der Waals surface area contributed by atoms with Crippen LogP contribution in [0, 0.1) is 6.92 Å². The molecular formula is C12H11N3O5S. The van der Waals surface area contributed by atoms with Crippen molar-refractivity contribution in [1.82, 2.24) is 5.16 Å². The number of aromatic nitrogens is 1. The Morgan fingerprint density at radius 3 is 2.86 bits per heavy atom. The monoisotopic (exact) mass is 309 g/mol. The van der Waals surface area contributed by atoms with Gasteiger partial charge in [-0.05, 0) is 25.1 Å². The topological polar surface area (TPSA) is 111 Å². The molecule has 1 aromatic carbocycles. The highest BCUT2D eigenvalue weighted by Crippen LogP contribution is 2.30. The molecule has 0 saturated heterocycles. The van der Waals surface area contributed by atoms with Gasteiger partial charge in [-0.1, -0.05) is 5.16 Å². The highest BCUT2D eigenvalue weighted by Gasteiger charge is 2.21. The van der Waals surface area contributed by atoms with Gasteiger partial charge in [-0.3, -0.25) is 9.52 Å². The molecule has 0 bridgehead atoms. The second kappa shape index (κ2) is 4.77. The molecular weight excluding hydrogens is 298 g/mol. The van der Waals surface area contributed by atoms with Crippen molar-refractivity contribution in [3.63, 3.8) is 0 Å². The van der Waals surface area contributed by atoms with Crippen molar-refractivity contribution in [2.45, 2.75) is 11.8 Å². The summed E-state index contributed by atoms with van der Waals surface area (Å²) in [4.78, 5) is 11.2. The minimum atomic E-state index is -3.83. The summed E-state index contributed by atoms with van der Waals surface area (Å²) in [7, 11) is -3.83. The number of aryl methyl sites for hydroxylation is 1. The maximum Gasteiger partial charge on any atom is 0.263 e. The van der Waals surface area contributed by atoms with Crippen molar-refractivity contribution >= 4 is 27.4 Å². The molecule has 8 nitrogen and oxygen atoms in total. The zero-order valence-corrected chi connectivity index (χ0v) is 11.7. The number of anilines is 2. The lowest BCUT2D eigenvalue weighted by Gasteiger charge is -2.18. The fourth-order valence-electron chi connectivity index (χ4n) is 1.84. The third kappa shape index (κ3) is 2.68. The van der Waals surface area contributed by atoms with Gasteiger partial charge < -0.3 is 14.6 Å². The molecule has 0 radical (unpaired) electrons. The van der Waals surface area contributed by atoms with Gasteiger partial charge in [0.1, 0.15) is 11.5 Å². The van der Waals surface area contributed by atoms with E-state index in [-0.39, 0.29) is 23.2 Å². The van der Waals surface area contributed by atoms with Crippen molar-refractivity contribution in [2.24, 2.45) is 0 Å². The first kappa shape index (κ1) is 13.4. The van der Waals surface area contributed by atoms with Crippen molar-refractivity contribution in [2.75, 3.05) is 16.6 Å². The van der Waals surface area contributed by atoms with Gasteiger partial charge >= 0.3 is 0 Å². The lowest BCUT2D eigenvalue weighted by atomic mass is 10.2. The van der Waals surface area contributed by atoms with Gasteiger partial charge in [-0.25, -0.2) is 8.42 Å². The maximum atomic E-state index is 12.2. The van der Waals surface area contributed by atoms with Crippen LogP contribution in [-0.2, 0) is 14.8 Å². The van der Waals surface area contributed by atoms with Crippen molar-refractivity contribution < 1.29 is 22.5 Å².